The lowest BCUT2D eigenvalue weighted by Crippen LogP contribution is -2.44. The molecule has 3 aromatic heterocycles. The number of hydrogen-bond donors (Lipinski definition) is 3. The fourth-order valence-electron chi connectivity index (χ4n) is 3.80. The summed E-state index contributed by atoms with van der Waals surface area (Å²) in [5, 5.41) is 6.71. The number of halogens is 1. The molecule has 5 rings (SSSR count). The van der Waals surface area contributed by atoms with Gasteiger partial charge in [0.15, 0.2) is 5.75 Å². The number of rotatable bonds is 8. The summed E-state index contributed by atoms with van der Waals surface area (Å²) in [6.45, 7) is 4.62. The quantitative estimate of drug-likeness (QED) is 0.410. The van der Waals surface area contributed by atoms with E-state index in [9.17, 15) is 12.8 Å². The summed E-state index contributed by atoms with van der Waals surface area (Å²) in [7, 11) is -3.39. The van der Waals surface area contributed by atoms with E-state index in [-0.39, 0.29) is 17.1 Å². The number of aryl methyl sites for hydroxylation is 2. The molecular formula is C22H26FN7O3S2. The largest absolute Gasteiger partial charge is 0.436 e. The number of sulfonamides is 1. The highest BCUT2D eigenvalue weighted by Gasteiger charge is 2.36. The van der Waals surface area contributed by atoms with Gasteiger partial charge in [0, 0.05) is 31.7 Å². The predicted octanol–water partition coefficient (Wildman–Crippen LogP) is 3.42. The van der Waals surface area contributed by atoms with E-state index in [4.69, 9.17) is 4.74 Å². The fraction of sp³-hybridized carbons (Fsp3) is 0.455. The standard InChI is InChI=1S/C22H26FN7O3S2/c1-12-18(5-6-19(26-12)30-35(31,32)16-3-4-16)33-21-20(34-13(2)27-21)17-7-8-25-22(29-17)28-15-9-14(23)10-24-11-15/h5-8,14-16,24H,3-4,9-11H2,1-2H3,(H,26,30)(H,25,28,29)/t14-,15-/m0/s1. The highest BCUT2D eigenvalue weighted by Crippen LogP contribution is 2.38. The minimum Gasteiger partial charge on any atom is -0.436 e. The van der Waals surface area contributed by atoms with Crippen LogP contribution in [-0.2, 0) is 10.0 Å². The molecule has 3 N–H and O–H groups in total. The molecule has 3 aromatic rings. The number of aromatic nitrogens is 4. The van der Waals surface area contributed by atoms with Crippen molar-refractivity contribution < 1.29 is 17.5 Å². The van der Waals surface area contributed by atoms with Gasteiger partial charge in [0.25, 0.3) is 0 Å². The first-order valence-corrected chi connectivity index (χ1v) is 13.7. The van der Waals surface area contributed by atoms with Crippen molar-refractivity contribution in [2.45, 2.75) is 50.6 Å². The second-order valence-corrected chi connectivity index (χ2v) is 11.9. The molecule has 2 fully saturated rings. The summed E-state index contributed by atoms with van der Waals surface area (Å²) in [5.74, 6) is 1.50. The van der Waals surface area contributed by atoms with Gasteiger partial charge in [-0.05, 0) is 44.9 Å². The van der Waals surface area contributed by atoms with Crippen molar-refractivity contribution in [2.24, 2.45) is 0 Å². The number of anilines is 2. The van der Waals surface area contributed by atoms with Gasteiger partial charge in [-0.25, -0.2) is 32.7 Å². The van der Waals surface area contributed by atoms with Gasteiger partial charge in [0.1, 0.15) is 16.9 Å². The summed E-state index contributed by atoms with van der Waals surface area (Å²) in [6, 6.07) is 4.91. The Bertz CT molecular complexity index is 1330. The van der Waals surface area contributed by atoms with Crippen LogP contribution in [0, 0.1) is 13.8 Å². The summed E-state index contributed by atoms with van der Waals surface area (Å²) in [5.41, 5.74) is 1.15. The van der Waals surface area contributed by atoms with Gasteiger partial charge < -0.3 is 15.4 Å². The molecule has 1 aliphatic carbocycles. The summed E-state index contributed by atoms with van der Waals surface area (Å²) < 4.78 is 46.7. The molecule has 1 saturated carbocycles. The SMILES string of the molecule is Cc1nc(Oc2ccc(NS(=O)(=O)C3CC3)nc2C)c(-c2ccnc(N[C@@H]3CNC[C@@H](F)C3)n2)s1. The lowest BCUT2D eigenvalue weighted by Gasteiger charge is -2.26. The van der Waals surface area contributed by atoms with E-state index in [0.29, 0.717) is 61.3 Å². The number of nitrogens with one attached hydrogen (secondary N) is 3. The first-order chi connectivity index (χ1) is 16.8. The molecular weight excluding hydrogens is 493 g/mol. The van der Waals surface area contributed by atoms with Crippen LogP contribution in [0.5, 0.6) is 11.6 Å². The average molecular weight is 520 g/mol. The van der Waals surface area contributed by atoms with Crippen LogP contribution >= 0.6 is 11.3 Å². The Labute approximate surface area is 206 Å². The Balaban J connectivity index is 1.34. The van der Waals surface area contributed by atoms with Crippen LogP contribution in [0.25, 0.3) is 10.6 Å². The van der Waals surface area contributed by atoms with Crippen molar-refractivity contribution in [2.75, 3.05) is 23.1 Å². The third-order valence-corrected chi connectivity index (χ3v) is 8.49. The van der Waals surface area contributed by atoms with Gasteiger partial charge in [-0.1, -0.05) is 0 Å². The van der Waals surface area contributed by atoms with Crippen molar-refractivity contribution in [3.63, 3.8) is 0 Å². The van der Waals surface area contributed by atoms with E-state index in [2.05, 4.69) is 35.3 Å². The molecule has 2 aliphatic rings. The highest BCUT2D eigenvalue weighted by atomic mass is 32.2. The van der Waals surface area contributed by atoms with E-state index in [1.165, 1.54) is 11.3 Å². The fourth-order valence-corrected chi connectivity index (χ4v) is 5.95. The molecule has 2 atom stereocenters. The number of ether oxygens (including phenoxy) is 1. The zero-order valence-electron chi connectivity index (χ0n) is 19.3. The van der Waals surface area contributed by atoms with Gasteiger partial charge in [0.05, 0.1) is 21.6 Å². The Morgan fingerprint density at radius 1 is 1.14 bits per heavy atom. The second-order valence-electron chi connectivity index (χ2n) is 8.69. The van der Waals surface area contributed by atoms with Gasteiger partial charge in [-0.15, -0.1) is 11.3 Å². The number of pyridine rings is 1. The van der Waals surface area contributed by atoms with E-state index in [1.54, 1.807) is 31.3 Å². The molecule has 0 bridgehead atoms. The maximum atomic E-state index is 13.7. The molecule has 4 heterocycles. The molecule has 13 heteroatoms. The molecule has 0 unspecified atom stereocenters. The Morgan fingerprint density at radius 2 is 1.97 bits per heavy atom. The normalized spacial score (nSPS) is 20.4. The second kappa shape index (κ2) is 9.63. The molecule has 35 heavy (non-hydrogen) atoms. The number of nitrogens with zero attached hydrogens (tertiary/aromatic N) is 4. The van der Waals surface area contributed by atoms with Crippen LogP contribution in [0.15, 0.2) is 24.4 Å². The van der Waals surface area contributed by atoms with Gasteiger partial charge in [-0.3, -0.25) is 4.72 Å². The van der Waals surface area contributed by atoms with Crippen molar-refractivity contribution in [3.8, 4) is 22.2 Å². The monoisotopic (exact) mass is 519 g/mol. The van der Waals surface area contributed by atoms with Crippen molar-refractivity contribution in [1.82, 2.24) is 25.3 Å². The van der Waals surface area contributed by atoms with Gasteiger partial charge >= 0.3 is 0 Å². The Morgan fingerprint density at radius 3 is 2.71 bits per heavy atom. The number of alkyl halides is 1. The van der Waals surface area contributed by atoms with Crippen LogP contribution in [0.2, 0.25) is 0 Å². The summed E-state index contributed by atoms with van der Waals surface area (Å²) in [4.78, 5) is 18.5. The zero-order chi connectivity index (χ0) is 24.6. The van der Waals surface area contributed by atoms with Crippen LogP contribution in [0.4, 0.5) is 16.2 Å². The number of hydrogen-bond acceptors (Lipinski definition) is 10. The average Bonchev–Trinajstić information content (AvgIpc) is 3.60. The molecule has 1 aliphatic heterocycles. The Hall–Kier alpha value is -2.90. The van der Waals surface area contributed by atoms with E-state index >= 15 is 0 Å². The van der Waals surface area contributed by atoms with Crippen molar-refractivity contribution in [3.05, 3.63) is 35.1 Å². The zero-order valence-corrected chi connectivity index (χ0v) is 20.9. The van der Waals surface area contributed by atoms with Crippen molar-refractivity contribution >= 4 is 33.1 Å². The van der Waals surface area contributed by atoms with Crippen LogP contribution < -0.4 is 20.1 Å². The topological polar surface area (TPSA) is 131 Å². The van der Waals surface area contributed by atoms with E-state index in [1.807, 2.05) is 6.92 Å². The lowest BCUT2D eigenvalue weighted by atomic mass is 10.1. The van der Waals surface area contributed by atoms with E-state index < -0.39 is 16.2 Å². The number of thiazole rings is 1. The minimum atomic E-state index is -3.39. The first-order valence-electron chi connectivity index (χ1n) is 11.4. The van der Waals surface area contributed by atoms with Crippen LogP contribution in [-0.4, -0.2) is 58.9 Å². The molecule has 0 amide bonds. The molecule has 0 spiro atoms. The Kier molecular flexibility index (Phi) is 6.55. The predicted molar refractivity (Wildman–Crippen MR) is 132 cm³/mol. The first kappa shape index (κ1) is 23.8. The van der Waals surface area contributed by atoms with Crippen LogP contribution in [0.1, 0.15) is 30.0 Å². The lowest BCUT2D eigenvalue weighted by molar-refractivity contribution is 0.254. The minimum absolute atomic E-state index is 0.0995. The smallest absolute Gasteiger partial charge is 0.240 e. The van der Waals surface area contributed by atoms with Crippen LogP contribution in [0.3, 0.4) is 0 Å². The van der Waals surface area contributed by atoms with Gasteiger partial charge in [0.2, 0.25) is 21.9 Å². The van der Waals surface area contributed by atoms with Crippen molar-refractivity contribution in [1.29, 1.82) is 0 Å². The summed E-state index contributed by atoms with van der Waals surface area (Å²) in [6.07, 6.45) is 2.49. The van der Waals surface area contributed by atoms with Gasteiger partial charge in [-0.2, -0.15) is 0 Å². The van der Waals surface area contributed by atoms with E-state index in [0.717, 1.165) is 9.88 Å². The molecule has 0 radical (unpaired) electrons. The third kappa shape index (κ3) is 5.68. The summed E-state index contributed by atoms with van der Waals surface area (Å²) >= 11 is 1.43. The molecule has 1 saturated heterocycles. The molecule has 186 valence electrons. The molecule has 0 aromatic carbocycles. The highest BCUT2D eigenvalue weighted by molar-refractivity contribution is 7.93. The maximum Gasteiger partial charge on any atom is 0.240 e. The maximum absolute atomic E-state index is 13.7. The number of piperidine rings is 1. The molecule has 10 nitrogen and oxygen atoms in total. The third-order valence-electron chi connectivity index (χ3n) is 5.68.